The van der Waals surface area contributed by atoms with Crippen molar-refractivity contribution in [1.82, 2.24) is 0 Å². The van der Waals surface area contributed by atoms with E-state index in [-0.39, 0.29) is 11.3 Å². The molecule has 0 radical (unpaired) electrons. The van der Waals surface area contributed by atoms with Crippen LogP contribution in [0.4, 0.5) is 11.4 Å². The molecule has 0 saturated heterocycles. The van der Waals surface area contributed by atoms with E-state index in [9.17, 15) is 43.7 Å². The summed E-state index contributed by atoms with van der Waals surface area (Å²) in [6, 6.07) is 8.19. The lowest BCUT2D eigenvalue weighted by Crippen LogP contribution is -2.15. The van der Waals surface area contributed by atoms with Crippen LogP contribution in [0.25, 0.3) is 10.8 Å². The fourth-order valence-corrected chi connectivity index (χ4v) is 4.89. The van der Waals surface area contributed by atoms with E-state index in [0.717, 1.165) is 12.1 Å². The third-order valence-corrected chi connectivity index (χ3v) is 6.86. The molecule has 0 aliphatic rings. The van der Waals surface area contributed by atoms with Crippen molar-refractivity contribution in [2.75, 3.05) is 11.1 Å². The van der Waals surface area contributed by atoms with Crippen LogP contribution in [0, 0.1) is 0 Å². The zero-order valence-electron chi connectivity index (χ0n) is 15.6. The number of nitrogens with two attached hydrogens (primary N) is 1. The maximum absolute atomic E-state index is 12.5. The first-order chi connectivity index (χ1) is 14.6. The highest BCUT2D eigenvalue weighted by Gasteiger charge is 2.25. The molecule has 32 heavy (non-hydrogen) atoms. The van der Waals surface area contributed by atoms with Crippen LogP contribution in [-0.2, 0) is 30.4 Å². The van der Waals surface area contributed by atoms with Gasteiger partial charge in [0.1, 0.15) is 9.79 Å². The van der Waals surface area contributed by atoms with Gasteiger partial charge in [-0.25, -0.2) is 0 Å². The number of anilines is 2. The quantitative estimate of drug-likeness (QED) is 0.248. The Morgan fingerprint density at radius 1 is 0.781 bits per heavy atom. The summed E-state index contributed by atoms with van der Waals surface area (Å²) in [5.74, 6) is -0.871. The number of nitrogen functional groups attached to an aromatic ring is 1. The van der Waals surface area contributed by atoms with Crippen LogP contribution in [0.5, 0.6) is 0 Å². The van der Waals surface area contributed by atoms with Crippen LogP contribution in [0.1, 0.15) is 10.4 Å². The zero-order chi connectivity index (χ0) is 24.1. The maximum Gasteiger partial charge on any atom is 0.296 e. The van der Waals surface area contributed by atoms with Crippen molar-refractivity contribution in [3.63, 3.8) is 0 Å². The molecular weight excluding hydrogens is 488 g/mol. The molecule has 0 heterocycles. The Hall–Kier alpha value is -3.08. The first-order valence-corrected chi connectivity index (χ1v) is 12.6. The van der Waals surface area contributed by atoms with Crippen molar-refractivity contribution in [1.29, 1.82) is 0 Å². The van der Waals surface area contributed by atoms with E-state index in [4.69, 9.17) is 5.73 Å². The number of amides is 1. The van der Waals surface area contributed by atoms with E-state index in [1.165, 1.54) is 24.3 Å². The van der Waals surface area contributed by atoms with E-state index in [0.29, 0.717) is 12.1 Å². The lowest BCUT2D eigenvalue weighted by molar-refractivity contribution is 0.102. The van der Waals surface area contributed by atoms with Crippen LogP contribution in [0.3, 0.4) is 0 Å². The highest BCUT2D eigenvalue weighted by Crippen LogP contribution is 2.34. The largest absolute Gasteiger partial charge is 0.399 e. The maximum atomic E-state index is 12.5. The number of carbonyl (C=O) groups excluding carboxylic acids is 1. The van der Waals surface area contributed by atoms with Gasteiger partial charge in [0.15, 0.2) is 0 Å². The van der Waals surface area contributed by atoms with Crippen LogP contribution >= 0.6 is 0 Å². The Kier molecular flexibility index (Phi) is 5.75. The van der Waals surface area contributed by atoms with Gasteiger partial charge in [0.2, 0.25) is 0 Å². The van der Waals surface area contributed by atoms with Gasteiger partial charge in [-0.2, -0.15) is 25.3 Å². The molecule has 0 aliphatic heterocycles. The van der Waals surface area contributed by atoms with E-state index in [2.05, 4.69) is 5.32 Å². The SMILES string of the molecule is Nc1cccc(C(=O)Nc2cc3c(S(=O)(=O)O)cc(S(=O)(=O)O)cc3cc2S(=O)(=O)O)c1. The topological polar surface area (TPSA) is 218 Å². The van der Waals surface area contributed by atoms with Crippen molar-refractivity contribution in [3.05, 3.63) is 54.1 Å². The first-order valence-electron chi connectivity index (χ1n) is 8.28. The van der Waals surface area contributed by atoms with Gasteiger partial charge < -0.3 is 11.1 Å². The minimum atomic E-state index is -5.08. The molecule has 0 bridgehead atoms. The molecule has 0 aliphatic carbocycles. The Bertz CT molecular complexity index is 1600. The van der Waals surface area contributed by atoms with Gasteiger partial charge in [-0.15, -0.1) is 0 Å². The summed E-state index contributed by atoms with van der Waals surface area (Å²) in [5.41, 5.74) is 5.25. The third kappa shape index (κ3) is 4.87. The predicted octanol–water partition coefficient (Wildman–Crippen LogP) is 1.41. The molecule has 15 heteroatoms. The Morgan fingerprint density at radius 2 is 1.41 bits per heavy atom. The van der Waals surface area contributed by atoms with Crippen molar-refractivity contribution >= 4 is 58.4 Å². The lowest BCUT2D eigenvalue weighted by atomic mass is 10.1. The number of nitrogens with one attached hydrogen (secondary N) is 1. The van der Waals surface area contributed by atoms with Crippen molar-refractivity contribution in [3.8, 4) is 0 Å². The fourth-order valence-electron chi connectivity index (χ4n) is 2.88. The summed E-state index contributed by atoms with van der Waals surface area (Å²) in [6.45, 7) is 0. The number of benzene rings is 3. The summed E-state index contributed by atoms with van der Waals surface area (Å²) in [6.07, 6.45) is 0. The minimum Gasteiger partial charge on any atom is -0.399 e. The number of carbonyl (C=O) groups is 1. The van der Waals surface area contributed by atoms with E-state index < -0.39 is 67.4 Å². The van der Waals surface area contributed by atoms with Gasteiger partial charge in [0, 0.05) is 16.6 Å². The van der Waals surface area contributed by atoms with E-state index in [1.807, 2.05) is 0 Å². The zero-order valence-corrected chi connectivity index (χ0v) is 18.1. The van der Waals surface area contributed by atoms with Gasteiger partial charge in [-0.1, -0.05) is 6.07 Å². The Labute approximate surface area is 181 Å². The highest BCUT2D eigenvalue weighted by atomic mass is 32.2. The number of hydrogen-bond donors (Lipinski definition) is 5. The minimum absolute atomic E-state index is 0.00288. The molecule has 3 aromatic carbocycles. The van der Waals surface area contributed by atoms with Gasteiger partial charge in [0.05, 0.1) is 10.6 Å². The second kappa shape index (κ2) is 7.80. The van der Waals surface area contributed by atoms with E-state index in [1.54, 1.807) is 0 Å². The van der Waals surface area contributed by atoms with Crippen molar-refractivity contribution in [2.45, 2.75) is 14.7 Å². The molecule has 3 rings (SSSR count). The molecule has 0 saturated carbocycles. The van der Waals surface area contributed by atoms with E-state index >= 15 is 0 Å². The summed E-state index contributed by atoms with van der Waals surface area (Å²) < 4.78 is 98.7. The second-order valence-corrected chi connectivity index (χ2v) is 10.7. The number of fused-ring (bicyclic) bond motifs is 1. The highest BCUT2D eigenvalue weighted by molar-refractivity contribution is 7.87. The van der Waals surface area contributed by atoms with Crippen LogP contribution in [-0.4, -0.2) is 44.8 Å². The Balaban J connectivity index is 2.34. The molecule has 1 amide bonds. The number of rotatable bonds is 5. The van der Waals surface area contributed by atoms with Crippen LogP contribution < -0.4 is 11.1 Å². The molecule has 0 aromatic heterocycles. The second-order valence-electron chi connectivity index (χ2n) is 6.50. The fraction of sp³-hybridized carbons (Fsp3) is 0. The third-order valence-electron chi connectivity index (χ3n) is 4.24. The molecule has 0 fully saturated rings. The summed E-state index contributed by atoms with van der Waals surface area (Å²) in [7, 11) is -15.1. The average molecular weight is 503 g/mol. The monoisotopic (exact) mass is 502 g/mol. The molecule has 0 unspecified atom stereocenters. The van der Waals surface area contributed by atoms with Gasteiger partial charge in [-0.3, -0.25) is 18.5 Å². The molecule has 6 N–H and O–H groups in total. The Morgan fingerprint density at radius 3 is 1.94 bits per heavy atom. The van der Waals surface area contributed by atoms with Crippen LogP contribution in [0.15, 0.2) is 63.2 Å². The molecule has 170 valence electrons. The summed E-state index contributed by atoms with van der Waals surface area (Å²) in [5, 5.41) is 1.39. The summed E-state index contributed by atoms with van der Waals surface area (Å²) >= 11 is 0. The normalized spacial score (nSPS) is 12.6. The molecule has 3 aromatic rings. The molecule has 0 spiro atoms. The lowest BCUT2D eigenvalue weighted by Gasteiger charge is -2.14. The summed E-state index contributed by atoms with van der Waals surface area (Å²) in [4.78, 5) is 9.66. The molecule has 12 nitrogen and oxygen atoms in total. The standard InChI is InChI=1S/C17H14N2O10S3/c18-11-3-1-2-9(4-11)17(20)19-14-8-13-10(6-16(14)32(27,28)29)5-12(30(21,22)23)7-15(13)31(24,25)26/h1-8H,18H2,(H,19,20)(H,21,22,23)(H,24,25,26)(H,27,28,29). The van der Waals surface area contributed by atoms with Crippen LogP contribution in [0.2, 0.25) is 0 Å². The molecular formula is C17H14N2O10S3. The van der Waals surface area contributed by atoms with Crippen molar-refractivity contribution < 1.29 is 43.7 Å². The van der Waals surface area contributed by atoms with Gasteiger partial charge in [-0.05, 0) is 47.9 Å². The van der Waals surface area contributed by atoms with Gasteiger partial charge in [0.25, 0.3) is 36.3 Å². The number of hydrogen-bond acceptors (Lipinski definition) is 8. The van der Waals surface area contributed by atoms with Gasteiger partial charge >= 0.3 is 0 Å². The smallest absolute Gasteiger partial charge is 0.296 e. The first kappa shape index (κ1) is 23.6. The molecule has 0 atom stereocenters. The van der Waals surface area contributed by atoms with Crippen molar-refractivity contribution in [2.24, 2.45) is 0 Å². The predicted molar refractivity (Wildman–Crippen MR) is 112 cm³/mol. The average Bonchev–Trinajstić information content (AvgIpc) is 2.64.